The van der Waals surface area contributed by atoms with Crippen LogP contribution in [0.15, 0.2) is 10.6 Å². The highest BCUT2D eigenvalue weighted by Crippen LogP contribution is 2.22. The molecule has 0 aromatic carbocycles. The maximum Gasteiger partial charge on any atom is 0.290 e. The van der Waals surface area contributed by atoms with Gasteiger partial charge in [-0.1, -0.05) is 32.9 Å². The van der Waals surface area contributed by atoms with Gasteiger partial charge in [0.05, 0.1) is 5.69 Å². The van der Waals surface area contributed by atoms with E-state index >= 15 is 0 Å². The van der Waals surface area contributed by atoms with Crippen LogP contribution in [0.25, 0.3) is 0 Å². The zero-order chi connectivity index (χ0) is 15.1. The number of hydrogen-bond donors (Lipinski definition) is 2. The number of hydrogen-bond acceptors (Lipinski definition) is 4. The zero-order valence-electron chi connectivity index (χ0n) is 13.4. The minimum Gasteiger partial charge on any atom is -0.351 e. The van der Waals surface area contributed by atoms with Crippen LogP contribution in [0.5, 0.6) is 0 Å². The van der Waals surface area contributed by atoms with Crippen molar-refractivity contribution >= 4 is 18.3 Å². The van der Waals surface area contributed by atoms with Crippen molar-refractivity contribution in [2.45, 2.75) is 58.9 Å². The van der Waals surface area contributed by atoms with Crippen LogP contribution in [-0.2, 0) is 0 Å². The molecule has 3 N–H and O–H groups in total. The topological polar surface area (TPSA) is 81.2 Å². The van der Waals surface area contributed by atoms with E-state index in [1.165, 1.54) is 0 Å². The van der Waals surface area contributed by atoms with Crippen molar-refractivity contribution in [2.24, 2.45) is 11.7 Å². The predicted octanol–water partition coefficient (Wildman–Crippen LogP) is 3.10. The Balaban J connectivity index is 0.00000400. The fourth-order valence-corrected chi connectivity index (χ4v) is 2.33. The highest BCUT2D eigenvalue weighted by molar-refractivity contribution is 5.91. The van der Waals surface area contributed by atoms with Gasteiger partial charge < -0.3 is 15.6 Å². The maximum atomic E-state index is 12.1. The van der Waals surface area contributed by atoms with E-state index in [1.807, 2.05) is 0 Å². The van der Waals surface area contributed by atoms with Crippen LogP contribution < -0.4 is 11.1 Å². The van der Waals surface area contributed by atoms with E-state index in [-0.39, 0.29) is 30.1 Å². The molecule has 0 radical (unpaired) electrons. The molecule has 0 aliphatic heterocycles. The van der Waals surface area contributed by atoms with Gasteiger partial charge in [-0.05, 0) is 25.2 Å². The quantitative estimate of drug-likeness (QED) is 0.772. The third-order valence-corrected chi connectivity index (χ3v) is 3.53. The molecule has 0 fully saturated rings. The zero-order valence-corrected chi connectivity index (χ0v) is 14.2. The normalized spacial score (nSPS) is 12.3. The minimum absolute atomic E-state index is 0. The molecule has 1 heterocycles. The first kappa shape index (κ1) is 19.9. The number of aromatic nitrogens is 1. The Morgan fingerprint density at radius 2 is 2.00 bits per heavy atom. The largest absolute Gasteiger partial charge is 0.351 e. The van der Waals surface area contributed by atoms with Crippen molar-refractivity contribution < 1.29 is 9.32 Å². The maximum absolute atomic E-state index is 12.1. The molecule has 0 aliphatic carbocycles. The summed E-state index contributed by atoms with van der Waals surface area (Å²) in [6.45, 7) is 8.85. The fourth-order valence-electron chi connectivity index (χ4n) is 2.33. The molecule has 122 valence electrons. The summed E-state index contributed by atoms with van der Waals surface area (Å²) in [6, 6.07) is 1.72. The van der Waals surface area contributed by atoms with Gasteiger partial charge in [0.1, 0.15) is 0 Å². The van der Waals surface area contributed by atoms with Crippen molar-refractivity contribution in [1.29, 1.82) is 0 Å². The second-order valence-electron chi connectivity index (χ2n) is 5.67. The Bertz CT molecular complexity index is 417. The molecule has 6 heteroatoms. The molecule has 1 atom stereocenters. The first-order valence-corrected chi connectivity index (χ1v) is 7.49. The standard InChI is InChI=1S/C15H27N3O2.ClH/c1-5-11(6-2)13-8-14(20-18-13)15(19)17-12(9-16)7-10(3)4;/h8,10-12H,5-7,9,16H2,1-4H3,(H,17,19);1H. The summed E-state index contributed by atoms with van der Waals surface area (Å²) >= 11 is 0. The molecular formula is C15H28ClN3O2. The summed E-state index contributed by atoms with van der Waals surface area (Å²) in [4.78, 5) is 12.1. The first-order chi connectivity index (χ1) is 9.51. The summed E-state index contributed by atoms with van der Waals surface area (Å²) in [5, 5.41) is 6.91. The van der Waals surface area contributed by atoms with E-state index in [0.717, 1.165) is 25.0 Å². The summed E-state index contributed by atoms with van der Waals surface area (Å²) in [5.41, 5.74) is 6.54. The van der Waals surface area contributed by atoms with Gasteiger partial charge in [-0.2, -0.15) is 0 Å². The van der Waals surface area contributed by atoms with Crippen molar-refractivity contribution in [3.05, 3.63) is 17.5 Å². The molecule has 1 aromatic heterocycles. The molecule has 0 saturated carbocycles. The number of carbonyl (C=O) groups excluding carboxylic acids is 1. The molecule has 1 unspecified atom stereocenters. The number of nitrogens with two attached hydrogens (primary N) is 1. The van der Waals surface area contributed by atoms with Crippen LogP contribution in [0, 0.1) is 5.92 Å². The van der Waals surface area contributed by atoms with Crippen molar-refractivity contribution in [3.63, 3.8) is 0 Å². The van der Waals surface area contributed by atoms with E-state index in [0.29, 0.717) is 18.4 Å². The SMILES string of the molecule is CCC(CC)c1cc(C(=O)NC(CN)CC(C)C)on1.Cl. The van der Waals surface area contributed by atoms with Crippen LogP contribution in [0.3, 0.4) is 0 Å². The van der Waals surface area contributed by atoms with E-state index < -0.39 is 0 Å². The highest BCUT2D eigenvalue weighted by atomic mass is 35.5. The van der Waals surface area contributed by atoms with Crippen LogP contribution in [0.1, 0.15) is 69.1 Å². The lowest BCUT2D eigenvalue weighted by molar-refractivity contribution is 0.0896. The Hall–Kier alpha value is -1.07. The van der Waals surface area contributed by atoms with Crippen molar-refractivity contribution in [1.82, 2.24) is 10.5 Å². The molecule has 0 bridgehead atoms. The van der Waals surface area contributed by atoms with E-state index in [2.05, 4.69) is 38.2 Å². The third kappa shape index (κ3) is 6.06. The Kier molecular flexibility index (Phi) is 9.29. The summed E-state index contributed by atoms with van der Waals surface area (Å²) in [5.74, 6) is 0.875. The monoisotopic (exact) mass is 317 g/mol. The molecule has 1 amide bonds. The van der Waals surface area contributed by atoms with Crippen LogP contribution >= 0.6 is 12.4 Å². The van der Waals surface area contributed by atoms with E-state index in [1.54, 1.807) is 6.07 Å². The summed E-state index contributed by atoms with van der Waals surface area (Å²) in [6.07, 6.45) is 2.83. The van der Waals surface area contributed by atoms with Crippen LogP contribution in [0.2, 0.25) is 0 Å². The van der Waals surface area contributed by atoms with Gasteiger partial charge in [0, 0.05) is 24.6 Å². The van der Waals surface area contributed by atoms with Gasteiger partial charge in [-0.3, -0.25) is 4.79 Å². The molecule has 1 aromatic rings. The minimum atomic E-state index is -0.231. The van der Waals surface area contributed by atoms with E-state index in [4.69, 9.17) is 10.3 Å². The summed E-state index contributed by atoms with van der Waals surface area (Å²) < 4.78 is 5.16. The molecule has 0 aliphatic rings. The van der Waals surface area contributed by atoms with Crippen molar-refractivity contribution in [2.75, 3.05) is 6.54 Å². The van der Waals surface area contributed by atoms with Crippen LogP contribution in [0.4, 0.5) is 0 Å². The van der Waals surface area contributed by atoms with Gasteiger partial charge in [0.15, 0.2) is 0 Å². The lowest BCUT2D eigenvalue weighted by Crippen LogP contribution is -2.40. The number of rotatable bonds is 8. The predicted molar refractivity (Wildman–Crippen MR) is 86.8 cm³/mol. The number of carbonyl (C=O) groups is 1. The smallest absolute Gasteiger partial charge is 0.290 e. The Labute approximate surface area is 133 Å². The molecule has 0 saturated heterocycles. The highest BCUT2D eigenvalue weighted by Gasteiger charge is 2.20. The average Bonchev–Trinajstić information content (AvgIpc) is 2.88. The molecular weight excluding hydrogens is 290 g/mol. The number of halogens is 1. The van der Waals surface area contributed by atoms with Gasteiger partial charge in [-0.25, -0.2) is 0 Å². The second-order valence-corrected chi connectivity index (χ2v) is 5.67. The Morgan fingerprint density at radius 1 is 1.38 bits per heavy atom. The third-order valence-electron chi connectivity index (χ3n) is 3.53. The molecule has 21 heavy (non-hydrogen) atoms. The molecule has 5 nitrogen and oxygen atoms in total. The average molecular weight is 318 g/mol. The Morgan fingerprint density at radius 3 is 2.48 bits per heavy atom. The van der Waals surface area contributed by atoms with Crippen molar-refractivity contribution in [3.8, 4) is 0 Å². The van der Waals surface area contributed by atoms with Gasteiger partial charge in [0.25, 0.3) is 5.91 Å². The number of nitrogens with zero attached hydrogens (tertiary/aromatic N) is 1. The number of nitrogens with one attached hydrogen (secondary N) is 1. The molecule has 1 rings (SSSR count). The van der Waals surface area contributed by atoms with E-state index in [9.17, 15) is 4.79 Å². The van der Waals surface area contributed by atoms with Gasteiger partial charge in [-0.15, -0.1) is 12.4 Å². The number of amides is 1. The van der Waals surface area contributed by atoms with Crippen LogP contribution in [-0.4, -0.2) is 23.7 Å². The summed E-state index contributed by atoms with van der Waals surface area (Å²) in [7, 11) is 0. The molecule has 0 spiro atoms. The van der Waals surface area contributed by atoms with Gasteiger partial charge >= 0.3 is 0 Å². The fraction of sp³-hybridized carbons (Fsp3) is 0.733. The second kappa shape index (κ2) is 9.79. The van der Waals surface area contributed by atoms with Gasteiger partial charge in [0.2, 0.25) is 5.76 Å². The lowest BCUT2D eigenvalue weighted by atomic mass is 9.99. The first-order valence-electron chi connectivity index (χ1n) is 7.49. The lowest BCUT2D eigenvalue weighted by Gasteiger charge is -2.17.